The first kappa shape index (κ1) is 41.0. The fourth-order valence-corrected chi connectivity index (χ4v) is 4.93. The maximum atomic E-state index is 13.3. The van der Waals surface area contributed by atoms with Crippen molar-refractivity contribution in [2.24, 2.45) is 11.8 Å². The number of benzene rings is 1. The zero-order valence-electron chi connectivity index (χ0n) is 27.8. The number of amides is 1. The molecule has 1 aromatic rings. The van der Waals surface area contributed by atoms with Gasteiger partial charge in [0.05, 0.1) is 18.9 Å². The molecule has 0 saturated heterocycles. The van der Waals surface area contributed by atoms with Gasteiger partial charge in [-0.05, 0) is 68.6 Å². The molecule has 0 unspecified atom stereocenters. The highest BCUT2D eigenvalue weighted by Gasteiger charge is 2.49. The molecule has 0 spiro atoms. The number of hydrogen-bond donors (Lipinski definition) is 5. The van der Waals surface area contributed by atoms with Gasteiger partial charge in [0.2, 0.25) is 5.91 Å². The van der Waals surface area contributed by atoms with Crippen molar-refractivity contribution in [1.82, 2.24) is 5.32 Å². The molecule has 11 heteroatoms. The molecule has 0 aliphatic rings. The van der Waals surface area contributed by atoms with E-state index in [-0.39, 0.29) is 12.2 Å². The quantitative estimate of drug-likeness (QED) is 0.0576. The summed E-state index contributed by atoms with van der Waals surface area (Å²) in [6, 6.07) is 5.20. The largest absolute Gasteiger partial charge is 0.494 e. The van der Waals surface area contributed by atoms with E-state index in [9.17, 15) is 44.4 Å². The van der Waals surface area contributed by atoms with E-state index in [1.807, 2.05) is 6.08 Å². The number of carboxylic acids is 3. The van der Waals surface area contributed by atoms with E-state index in [0.29, 0.717) is 49.5 Å². The van der Waals surface area contributed by atoms with E-state index in [4.69, 9.17) is 4.74 Å². The standard InChI is InChI=1S/C36H53NO10/c1-4-5-6-9-12-15-28(38)16-13-10-7-8-11-14-17-30(36(46,35(44)45)25-32(39)40)33(41)37-31(34(42)43)24-27-18-20-29(21-19-27)47-23-22-26(2)3/h4,14,17-21,26,30-31,46H,1,5-13,15-16,22-25H2,2-3H3,(H,37,41)(H,39,40)(H,42,43)(H,44,45)/b17-14+/t30-,31-,36-/m0/s1. The monoisotopic (exact) mass is 659 g/mol. The number of nitrogens with one attached hydrogen (secondary N) is 1. The summed E-state index contributed by atoms with van der Waals surface area (Å²) < 4.78 is 5.68. The number of rotatable bonds is 27. The summed E-state index contributed by atoms with van der Waals surface area (Å²) in [5.74, 6) is -6.63. The van der Waals surface area contributed by atoms with Gasteiger partial charge in [-0.3, -0.25) is 14.4 Å². The fourth-order valence-electron chi connectivity index (χ4n) is 4.93. The lowest BCUT2D eigenvalue weighted by Gasteiger charge is -2.29. The number of unbranched alkanes of at least 4 members (excludes halogenated alkanes) is 7. The topological polar surface area (TPSA) is 188 Å². The van der Waals surface area contributed by atoms with Crippen molar-refractivity contribution in [3.8, 4) is 5.75 Å². The third-order valence-corrected chi connectivity index (χ3v) is 7.80. The third kappa shape index (κ3) is 16.9. The minimum absolute atomic E-state index is 0.147. The number of carboxylic acid groups (broad SMARTS) is 3. The highest BCUT2D eigenvalue weighted by atomic mass is 16.5. The van der Waals surface area contributed by atoms with Gasteiger partial charge in [-0.1, -0.05) is 63.5 Å². The van der Waals surface area contributed by atoms with Gasteiger partial charge in [-0.2, -0.15) is 0 Å². The van der Waals surface area contributed by atoms with E-state index >= 15 is 0 Å². The molecule has 0 aliphatic carbocycles. The fraction of sp³-hybridized carbons (Fsp3) is 0.583. The Labute approximate surface area is 278 Å². The second kappa shape index (κ2) is 22.5. The number of carbonyl (C=O) groups is 5. The summed E-state index contributed by atoms with van der Waals surface area (Å²) in [4.78, 5) is 60.9. The Morgan fingerprint density at radius 2 is 1.49 bits per heavy atom. The van der Waals surface area contributed by atoms with E-state index in [0.717, 1.165) is 57.4 Å². The van der Waals surface area contributed by atoms with Crippen molar-refractivity contribution in [1.29, 1.82) is 0 Å². The van der Waals surface area contributed by atoms with Crippen LogP contribution in [-0.2, 0) is 30.4 Å². The van der Waals surface area contributed by atoms with Gasteiger partial charge < -0.3 is 30.5 Å². The molecular weight excluding hydrogens is 606 g/mol. The molecule has 1 amide bonds. The Balaban J connectivity index is 2.82. The van der Waals surface area contributed by atoms with Gasteiger partial charge in [-0.15, -0.1) is 6.58 Å². The number of Topliss-reactive ketones (excluding diaryl/α,β-unsaturated/α-hetero) is 1. The molecular formula is C36H53NO10. The van der Waals surface area contributed by atoms with Gasteiger partial charge in [0, 0.05) is 19.3 Å². The van der Waals surface area contributed by atoms with Crippen LogP contribution in [0.15, 0.2) is 49.1 Å². The zero-order valence-corrected chi connectivity index (χ0v) is 27.8. The highest BCUT2D eigenvalue weighted by molar-refractivity contribution is 5.94. The molecule has 3 atom stereocenters. The Kier molecular flexibility index (Phi) is 19.7. The van der Waals surface area contributed by atoms with Crippen LogP contribution >= 0.6 is 0 Å². The van der Waals surface area contributed by atoms with Crippen LogP contribution in [0.25, 0.3) is 0 Å². The van der Waals surface area contributed by atoms with Gasteiger partial charge in [0.1, 0.15) is 17.6 Å². The van der Waals surface area contributed by atoms with Crippen LogP contribution < -0.4 is 10.1 Å². The number of ether oxygens (including phenoxy) is 1. The van der Waals surface area contributed by atoms with Crippen molar-refractivity contribution >= 4 is 29.6 Å². The Hall–Kier alpha value is -3.99. The highest BCUT2D eigenvalue weighted by Crippen LogP contribution is 2.26. The Morgan fingerprint density at radius 1 is 0.894 bits per heavy atom. The summed E-state index contributed by atoms with van der Waals surface area (Å²) in [6.07, 6.45) is 12.3. The zero-order chi connectivity index (χ0) is 35.2. The van der Waals surface area contributed by atoms with Gasteiger partial charge in [-0.25, -0.2) is 9.59 Å². The first-order chi connectivity index (χ1) is 22.3. The predicted molar refractivity (Wildman–Crippen MR) is 178 cm³/mol. The molecule has 0 saturated carbocycles. The molecule has 0 radical (unpaired) electrons. The van der Waals surface area contributed by atoms with Gasteiger partial charge >= 0.3 is 17.9 Å². The van der Waals surface area contributed by atoms with E-state index in [2.05, 4.69) is 25.7 Å². The summed E-state index contributed by atoms with van der Waals surface area (Å²) in [5.41, 5.74) is -2.46. The Morgan fingerprint density at radius 3 is 2.04 bits per heavy atom. The molecule has 0 bridgehead atoms. The minimum Gasteiger partial charge on any atom is -0.494 e. The lowest BCUT2D eigenvalue weighted by molar-refractivity contribution is -0.172. The van der Waals surface area contributed by atoms with E-state index in [1.54, 1.807) is 24.3 Å². The van der Waals surface area contributed by atoms with Crippen LogP contribution in [0, 0.1) is 11.8 Å². The third-order valence-electron chi connectivity index (χ3n) is 7.80. The summed E-state index contributed by atoms with van der Waals surface area (Å²) in [6.45, 7) is 8.37. The van der Waals surface area contributed by atoms with E-state index in [1.165, 1.54) is 6.08 Å². The number of aliphatic hydroxyl groups is 1. The second-order valence-corrected chi connectivity index (χ2v) is 12.4. The van der Waals surface area contributed by atoms with Crippen LogP contribution in [0.2, 0.25) is 0 Å². The second-order valence-electron chi connectivity index (χ2n) is 12.4. The maximum absolute atomic E-state index is 13.3. The lowest BCUT2D eigenvalue weighted by Crippen LogP contribution is -2.55. The average Bonchev–Trinajstić information content (AvgIpc) is 2.99. The molecule has 0 aliphatic heterocycles. The SMILES string of the molecule is C=CCCCCCC(=O)CCCCCC/C=C/[C@@H](C(=O)N[C@@H](Cc1ccc(OCCC(C)C)cc1)C(=O)O)[C@@](O)(CC(=O)O)C(=O)O. The van der Waals surface area contributed by atoms with Crippen molar-refractivity contribution < 1.29 is 49.1 Å². The molecule has 0 fully saturated rings. The number of aliphatic carboxylic acids is 3. The number of allylic oxidation sites excluding steroid dienone is 2. The maximum Gasteiger partial charge on any atom is 0.337 e. The molecule has 5 N–H and O–H groups in total. The van der Waals surface area contributed by atoms with Crippen molar-refractivity contribution in [3.05, 3.63) is 54.6 Å². The lowest BCUT2D eigenvalue weighted by atomic mass is 9.82. The Bertz CT molecular complexity index is 1180. The average molecular weight is 660 g/mol. The van der Waals surface area contributed by atoms with Crippen LogP contribution in [0.3, 0.4) is 0 Å². The van der Waals surface area contributed by atoms with Gasteiger partial charge in [0.15, 0.2) is 5.60 Å². The van der Waals surface area contributed by atoms with Crippen molar-refractivity contribution in [3.63, 3.8) is 0 Å². The smallest absolute Gasteiger partial charge is 0.337 e. The molecule has 11 nitrogen and oxygen atoms in total. The van der Waals surface area contributed by atoms with Crippen molar-refractivity contribution in [2.45, 2.75) is 115 Å². The van der Waals surface area contributed by atoms with Crippen LogP contribution in [0.5, 0.6) is 5.75 Å². The summed E-state index contributed by atoms with van der Waals surface area (Å²) >= 11 is 0. The molecule has 1 aromatic carbocycles. The summed E-state index contributed by atoms with van der Waals surface area (Å²) in [5, 5.41) is 42.1. The first-order valence-electron chi connectivity index (χ1n) is 16.5. The predicted octanol–water partition coefficient (Wildman–Crippen LogP) is 5.73. The number of carbonyl (C=O) groups excluding carboxylic acids is 2. The van der Waals surface area contributed by atoms with E-state index < -0.39 is 47.8 Å². The molecule has 1 rings (SSSR count). The molecule has 47 heavy (non-hydrogen) atoms. The normalized spacial score (nSPS) is 13.9. The van der Waals surface area contributed by atoms with Crippen LogP contribution in [0.4, 0.5) is 0 Å². The van der Waals surface area contributed by atoms with Crippen LogP contribution in [0.1, 0.15) is 103 Å². The minimum atomic E-state index is -3.02. The number of ketones is 1. The summed E-state index contributed by atoms with van der Waals surface area (Å²) in [7, 11) is 0. The van der Waals surface area contributed by atoms with Crippen molar-refractivity contribution in [2.75, 3.05) is 6.61 Å². The van der Waals surface area contributed by atoms with Gasteiger partial charge in [0.25, 0.3) is 0 Å². The number of hydrogen-bond acceptors (Lipinski definition) is 7. The molecule has 0 heterocycles. The molecule has 0 aromatic heterocycles. The van der Waals surface area contributed by atoms with Crippen LogP contribution in [-0.4, -0.2) is 68.3 Å². The first-order valence-corrected chi connectivity index (χ1v) is 16.5. The molecule has 262 valence electrons.